The molecule has 0 aliphatic heterocycles. The Hall–Kier alpha value is -2.91. The standard InChI is InChI=1S/C22H21FN2O2S/c1-3-4-5-6-7-13-27-19-10-8-9-18(21(19)23)25-22(26)16-11-12-17-20(14-16)28-15(2)24-17/h8-12,14H,3-4,7,13H2,1-2H3,(H,25,26). The summed E-state index contributed by atoms with van der Waals surface area (Å²) in [6.45, 7) is 4.28. The molecule has 0 radical (unpaired) electrons. The number of amides is 1. The minimum Gasteiger partial charge on any atom is -0.489 e. The number of benzene rings is 2. The maximum absolute atomic E-state index is 14.7. The monoisotopic (exact) mass is 396 g/mol. The molecule has 1 N–H and O–H groups in total. The predicted octanol–water partition coefficient (Wildman–Crippen LogP) is 5.57. The Morgan fingerprint density at radius 1 is 1.25 bits per heavy atom. The maximum Gasteiger partial charge on any atom is 0.255 e. The number of aromatic nitrogens is 1. The first-order valence-corrected chi connectivity index (χ1v) is 9.95. The van der Waals surface area contributed by atoms with E-state index >= 15 is 0 Å². The summed E-state index contributed by atoms with van der Waals surface area (Å²) in [6.07, 6.45) is 2.40. The van der Waals surface area contributed by atoms with Gasteiger partial charge in [0.25, 0.3) is 5.91 Å². The summed E-state index contributed by atoms with van der Waals surface area (Å²) in [4.78, 5) is 16.9. The molecule has 4 nitrogen and oxygen atoms in total. The molecule has 0 saturated carbocycles. The number of anilines is 1. The number of unbranched alkanes of at least 4 members (excludes halogenated alkanes) is 1. The fourth-order valence-corrected chi connectivity index (χ4v) is 3.47. The van der Waals surface area contributed by atoms with Gasteiger partial charge in [0.2, 0.25) is 0 Å². The fraction of sp³-hybridized carbons (Fsp3) is 0.273. The molecule has 0 spiro atoms. The Morgan fingerprint density at radius 2 is 2.07 bits per heavy atom. The van der Waals surface area contributed by atoms with Crippen LogP contribution in [-0.4, -0.2) is 17.5 Å². The number of fused-ring (bicyclic) bond motifs is 1. The van der Waals surface area contributed by atoms with Crippen molar-refractivity contribution in [1.82, 2.24) is 4.98 Å². The number of aryl methyl sites for hydroxylation is 1. The normalized spacial score (nSPS) is 10.4. The smallest absolute Gasteiger partial charge is 0.255 e. The van der Waals surface area contributed by atoms with E-state index in [2.05, 4.69) is 29.1 Å². The van der Waals surface area contributed by atoms with Crippen LogP contribution in [0.25, 0.3) is 10.2 Å². The molecule has 3 aromatic rings. The highest BCUT2D eigenvalue weighted by Gasteiger charge is 2.14. The molecule has 0 fully saturated rings. The molecule has 0 aliphatic carbocycles. The topological polar surface area (TPSA) is 51.2 Å². The zero-order valence-electron chi connectivity index (χ0n) is 15.8. The number of ether oxygens (including phenoxy) is 1. The molecule has 6 heteroatoms. The van der Waals surface area contributed by atoms with Gasteiger partial charge in [-0.05, 0) is 43.7 Å². The van der Waals surface area contributed by atoms with E-state index in [1.54, 1.807) is 24.3 Å². The van der Waals surface area contributed by atoms with Gasteiger partial charge in [-0.15, -0.1) is 17.3 Å². The SMILES string of the molecule is CCCC#CCCOc1cccc(NC(=O)c2ccc3nc(C)sc3c2)c1F. The van der Waals surface area contributed by atoms with Crippen molar-refractivity contribution < 1.29 is 13.9 Å². The summed E-state index contributed by atoms with van der Waals surface area (Å²) in [7, 11) is 0. The van der Waals surface area contributed by atoms with E-state index in [0.717, 1.165) is 28.1 Å². The number of rotatable bonds is 6. The van der Waals surface area contributed by atoms with Gasteiger partial charge in [0.05, 0.1) is 27.5 Å². The van der Waals surface area contributed by atoms with Crippen molar-refractivity contribution in [3.05, 3.63) is 52.8 Å². The van der Waals surface area contributed by atoms with E-state index in [9.17, 15) is 9.18 Å². The van der Waals surface area contributed by atoms with Gasteiger partial charge in [-0.2, -0.15) is 0 Å². The molecule has 0 unspecified atom stereocenters. The Kier molecular flexibility index (Phi) is 6.62. The summed E-state index contributed by atoms with van der Waals surface area (Å²) in [6, 6.07) is 9.94. The lowest BCUT2D eigenvalue weighted by Crippen LogP contribution is -2.13. The van der Waals surface area contributed by atoms with Crippen LogP contribution in [0.15, 0.2) is 36.4 Å². The molecule has 28 heavy (non-hydrogen) atoms. The number of hydrogen-bond acceptors (Lipinski definition) is 4. The molecule has 0 atom stereocenters. The van der Waals surface area contributed by atoms with Gasteiger partial charge in [0.15, 0.2) is 11.6 Å². The third-order valence-electron chi connectivity index (χ3n) is 3.95. The second-order valence-corrected chi connectivity index (χ2v) is 7.42. The second-order valence-electron chi connectivity index (χ2n) is 6.19. The third-order valence-corrected chi connectivity index (χ3v) is 4.89. The maximum atomic E-state index is 14.7. The van der Waals surface area contributed by atoms with Gasteiger partial charge in [-0.3, -0.25) is 4.79 Å². The van der Waals surface area contributed by atoms with E-state index in [-0.39, 0.29) is 17.3 Å². The molecule has 0 saturated heterocycles. The van der Waals surface area contributed by atoms with Crippen LogP contribution in [0.1, 0.15) is 41.6 Å². The lowest BCUT2D eigenvalue weighted by molar-refractivity contribution is 0.102. The number of hydrogen-bond donors (Lipinski definition) is 1. The molecule has 0 bridgehead atoms. The largest absolute Gasteiger partial charge is 0.489 e. The Morgan fingerprint density at radius 3 is 2.89 bits per heavy atom. The van der Waals surface area contributed by atoms with Crippen LogP contribution < -0.4 is 10.1 Å². The summed E-state index contributed by atoms with van der Waals surface area (Å²) in [5.41, 5.74) is 1.39. The summed E-state index contributed by atoms with van der Waals surface area (Å²) < 4.78 is 21.0. The Labute approximate surface area is 167 Å². The molecule has 2 aromatic carbocycles. The van der Waals surface area contributed by atoms with Gasteiger partial charge < -0.3 is 10.1 Å². The van der Waals surface area contributed by atoms with Crippen molar-refractivity contribution in [2.45, 2.75) is 33.1 Å². The lowest BCUT2D eigenvalue weighted by atomic mass is 10.2. The molecule has 1 heterocycles. The summed E-state index contributed by atoms with van der Waals surface area (Å²) in [5.74, 6) is 5.14. The highest BCUT2D eigenvalue weighted by molar-refractivity contribution is 7.18. The first-order chi connectivity index (χ1) is 13.6. The average Bonchev–Trinajstić information content (AvgIpc) is 3.06. The quantitative estimate of drug-likeness (QED) is 0.438. The van der Waals surface area contributed by atoms with Crippen LogP contribution in [0.4, 0.5) is 10.1 Å². The van der Waals surface area contributed by atoms with E-state index in [1.807, 2.05) is 6.92 Å². The van der Waals surface area contributed by atoms with Gasteiger partial charge in [0.1, 0.15) is 0 Å². The van der Waals surface area contributed by atoms with Gasteiger partial charge in [-0.1, -0.05) is 18.9 Å². The zero-order chi connectivity index (χ0) is 19.9. The summed E-state index contributed by atoms with van der Waals surface area (Å²) >= 11 is 1.52. The van der Waals surface area contributed by atoms with Gasteiger partial charge >= 0.3 is 0 Å². The van der Waals surface area contributed by atoms with E-state index in [1.165, 1.54) is 23.5 Å². The molecule has 144 valence electrons. The van der Waals surface area contributed by atoms with Crippen LogP contribution in [0.5, 0.6) is 5.75 Å². The molecular formula is C22H21FN2O2S. The van der Waals surface area contributed by atoms with Gasteiger partial charge in [-0.25, -0.2) is 9.37 Å². The zero-order valence-corrected chi connectivity index (χ0v) is 16.7. The van der Waals surface area contributed by atoms with E-state index < -0.39 is 5.82 Å². The van der Waals surface area contributed by atoms with Gasteiger partial charge in [0, 0.05) is 18.4 Å². The van der Waals surface area contributed by atoms with Crippen molar-refractivity contribution in [3.63, 3.8) is 0 Å². The van der Waals surface area contributed by atoms with Crippen LogP contribution in [-0.2, 0) is 0 Å². The number of thiazole rings is 1. The van der Waals surface area contributed by atoms with Crippen molar-refractivity contribution in [3.8, 4) is 17.6 Å². The van der Waals surface area contributed by atoms with Crippen LogP contribution in [0.3, 0.4) is 0 Å². The van der Waals surface area contributed by atoms with E-state index in [4.69, 9.17) is 4.74 Å². The van der Waals surface area contributed by atoms with Crippen molar-refractivity contribution in [2.24, 2.45) is 0 Å². The predicted molar refractivity (Wildman–Crippen MR) is 112 cm³/mol. The molecule has 1 aromatic heterocycles. The number of halogens is 1. The molecule has 3 rings (SSSR count). The van der Waals surface area contributed by atoms with E-state index in [0.29, 0.717) is 18.6 Å². The van der Waals surface area contributed by atoms with Crippen molar-refractivity contribution in [1.29, 1.82) is 0 Å². The fourth-order valence-electron chi connectivity index (χ4n) is 2.61. The summed E-state index contributed by atoms with van der Waals surface area (Å²) in [5, 5.41) is 3.55. The van der Waals surface area contributed by atoms with Crippen molar-refractivity contribution in [2.75, 3.05) is 11.9 Å². The average molecular weight is 396 g/mol. The highest BCUT2D eigenvalue weighted by Crippen LogP contribution is 2.26. The second kappa shape index (κ2) is 9.34. The Bertz CT molecular complexity index is 1050. The molecular weight excluding hydrogens is 375 g/mol. The number of nitrogens with one attached hydrogen (secondary N) is 1. The van der Waals surface area contributed by atoms with Crippen LogP contribution in [0, 0.1) is 24.6 Å². The molecule has 0 aliphatic rings. The third kappa shape index (κ3) is 4.87. The van der Waals surface area contributed by atoms with Crippen LogP contribution >= 0.6 is 11.3 Å². The number of carbonyl (C=O) groups excluding carboxylic acids is 1. The number of carbonyl (C=O) groups is 1. The minimum absolute atomic E-state index is 0.0835. The Balaban J connectivity index is 1.67. The van der Waals surface area contributed by atoms with Crippen molar-refractivity contribution >= 4 is 33.1 Å². The highest BCUT2D eigenvalue weighted by atomic mass is 32.1. The van der Waals surface area contributed by atoms with Crippen LogP contribution in [0.2, 0.25) is 0 Å². The first-order valence-electron chi connectivity index (χ1n) is 9.14. The minimum atomic E-state index is -0.591. The lowest BCUT2D eigenvalue weighted by Gasteiger charge is -2.10. The number of nitrogens with zero attached hydrogens (tertiary/aromatic N) is 1. The first kappa shape index (κ1) is 19.8. The molecule has 1 amide bonds.